The van der Waals surface area contributed by atoms with Crippen molar-refractivity contribution in [2.45, 2.75) is 0 Å². The lowest BCUT2D eigenvalue weighted by atomic mass is 10.0. The first kappa shape index (κ1) is 35.8. The van der Waals surface area contributed by atoms with Gasteiger partial charge in [0.05, 0.1) is 11.4 Å². The van der Waals surface area contributed by atoms with Gasteiger partial charge >= 0.3 is 16.8 Å². The topological polar surface area (TPSA) is 32.3 Å². The minimum Gasteiger partial charge on any atom is -0.363 e. The number of hydrogen-bond donors (Lipinski definition) is 0. The van der Waals surface area contributed by atoms with Crippen LogP contribution in [0.5, 0.6) is 0 Å². The van der Waals surface area contributed by atoms with Crippen molar-refractivity contribution in [2.75, 3.05) is 8.46 Å². The van der Waals surface area contributed by atoms with Gasteiger partial charge in [-0.05, 0) is 78.7 Å². The molecule has 1 aliphatic heterocycles. The van der Waals surface area contributed by atoms with Gasteiger partial charge in [0.25, 0.3) is 0 Å². The van der Waals surface area contributed by atoms with E-state index in [1.54, 1.807) is 0 Å². The molecule has 2 aromatic heterocycles. The van der Waals surface area contributed by atoms with Gasteiger partial charge < -0.3 is 8.46 Å². The van der Waals surface area contributed by atoms with Gasteiger partial charge in [0, 0.05) is 11.1 Å². The molecule has 11 rings (SSSR count). The second-order valence-electron chi connectivity index (χ2n) is 15.4. The molecule has 0 amide bonds. The Bertz CT molecular complexity index is 2820. The number of pyridine rings is 2. The Hall–Kier alpha value is -7.39. The number of rotatable bonds is 8. The average molecular weight is 801 g/mol. The van der Waals surface area contributed by atoms with Gasteiger partial charge in [-0.25, -0.2) is 9.97 Å². The standard InChI is InChI=1S/C54H40N4Si2/c1-5-23-47(24-6-1)59(48-25-7-2-8-26-48)57(53-33-17-31-51(55-53)45-37-35-41-19-13-15-21-43(41)39-45)60(49-27-9-3-10-28-49,50-29-11-4-12-30-50)58(59)54-34-18-32-52(56-54)46-38-36-42-20-14-16-22-44(42)40-46/h1-40H. The molecule has 8 aromatic carbocycles. The number of fused-ring (bicyclic) bond motifs is 2. The van der Waals surface area contributed by atoms with Crippen LogP contribution >= 0.6 is 0 Å². The number of benzene rings is 8. The van der Waals surface area contributed by atoms with Crippen molar-refractivity contribution < 1.29 is 0 Å². The molecule has 0 unspecified atom stereocenters. The molecule has 10 aromatic rings. The maximum absolute atomic E-state index is 5.73. The molecule has 1 aliphatic rings. The summed E-state index contributed by atoms with van der Waals surface area (Å²) in [6.45, 7) is 0. The molecule has 0 saturated carbocycles. The third-order valence-corrected chi connectivity index (χ3v) is 24.0. The lowest BCUT2D eigenvalue weighted by Crippen LogP contribution is -3.07. The highest BCUT2D eigenvalue weighted by Gasteiger charge is 2.75. The summed E-state index contributed by atoms with van der Waals surface area (Å²) in [5.41, 5.74) is 4.08. The van der Waals surface area contributed by atoms with Gasteiger partial charge in [-0.3, -0.25) is 0 Å². The van der Waals surface area contributed by atoms with Crippen LogP contribution in [-0.2, 0) is 0 Å². The molecule has 0 bridgehead atoms. The van der Waals surface area contributed by atoms with Crippen LogP contribution < -0.4 is 29.2 Å². The van der Waals surface area contributed by atoms with Crippen molar-refractivity contribution in [3.8, 4) is 22.5 Å². The molecule has 60 heavy (non-hydrogen) atoms. The molecular weight excluding hydrogens is 761 g/mol. The zero-order valence-electron chi connectivity index (χ0n) is 32.9. The Kier molecular flexibility index (Phi) is 8.80. The molecule has 6 heteroatoms. The van der Waals surface area contributed by atoms with Crippen molar-refractivity contribution in [3.63, 3.8) is 0 Å². The Labute approximate surface area is 352 Å². The van der Waals surface area contributed by atoms with Crippen LogP contribution in [0.25, 0.3) is 44.1 Å². The molecule has 1 saturated heterocycles. The highest BCUT2D eigenvalue weighted by molar-refractivity contribution is 7.38. The van der Waals surface area contributed by atoms with Crippen molar-refractivity contribution >= 4 is 70.7 Å². The lowest BCUT2D eigenvalue weighted by Gasteiger charge is -2.71. The maximum atomic E-state index is 5.73. The van der Waals surface area contributed by atoms with Crippen molar-refractivity contribution in [1.82, 2.24) is 9.97 Å². The summed E-state index contributed by atoms with van der Waals surface area (Å²) in [4.78, 5) is 11.5. The number of nitrogens with zero attached hydrogens (tertiary/aromatic N) is 4. The van der Waals surface area contributed by atoms with Crippen LogP contribution in [0.4, 0.5) is 11.6 Å². The summed E-state index contributed by atoms with van der Waals surface area (Å²) in [7, 11) is -6.54. The minimum absolute atomic E-state index is 0.946. The van der Waals surface area contributed by atoms with Gasteiger partial charge in [-0.2, -0.15) is 0 Å². The van der Waals surface area contributed by atoms with E-state index >= 15 is 0 Å². The fourth-order valence-electron chi connectivity index (χ4n) is 9.45. The van der Waals surface area contributed by atoms with E-state index in [0.717, 1.165) is 34.2 Å². The monoisotopic (exact) mass is 800 g/mol. The Morgan fingerprint density at radius 3 is 0.933 bits per heavy atom. The second-order valence-corrected chi connectivity index (χ2v) is 23.0. The zero-order chi connectivity index (χ0) is 39.9. The lowest BCUT2D eigenvalue weighted by molar-refractivity contribution is 1.13. The summed E-state index contributed by atoms with van der Waals surface area (Å²) in [6, 6.07) is 88.3. The first-order valence-corrected chi connectivity index (χ1v) is 24.3. The quantitative estimate of drug-likeness (QED) is 0.143. The molecule has 284 valence electrons. The SMILES string of the molecule is c1ccc([Si]2(c3ccccc3)N(c3cccc(-c4ccc5ccccc5c4)n3)[Si](c3ccccc3)(c3ccccc3)N2c2cccc(-c3ccc4ccccc4c3)n2)cc1. The molecule has 1 fully saturated rings. The van der Waals surface area contributed by atoms with E-state index < -0.39 is 16.8 Å². The average Bonchev–Trinajstić information content (AvgIpc) is 3.33. The van der Waals surface area contributed by atoms with Gasteiger partial charge in [0.1, 0.15) is 11.6 Å². The molecule has 0 spiro atoms. The minimum atomic E-state index is -3.27. The van der Waals surface area contributed by atoms with Crippen LogP contribution in [0.3, 0.4) is 0 Å². The van der Waals surface area contributed by atoms with Crippen molar-refractivity contribution in [3.05, 3.63) is 243 Å². The Balaban J connectivity index is 1.24. The molecule has 0 radical (unpaired) electrons. The van der Waals surface area contributed by atoms with Crippen LogP contribution in [-0.4, -0.2) is 26.8 Å². The highest BCUT2D eigenvalue weighted by Crippen LogP contribution is 2.45. The predicted molar refractivity (Wildman–Crippen MR) is 255 cm³/mol. The van der Waals surface area contributed by atoms with E-state index in [4.69, 9.17) is 9.97 Å². The summed E-state index contributed by atoms with van der Waals surface area (Å²) in [5.74, 6) is 1.92. The Morgan fingerprint density at radius 2 is 0.583 bits per heavy atom. The molecule has 0 atom stereocenters. The van der Waals surface area contributed by atoms with Crippen molar-refractivity contribution in [1.29, 1.82) is 0 Å². The van der Waals surface area contributed by atoms with Crippen LogP contribution in [0.15, 0.2) is 243 Å². The van der Waals surface area contributed by atoms with E-state index in [1.165, 1.54) is 42.3 Å². The fraction of sp³-hybridized carbons (Fsp3) is 0. The molecule has 0 aliphatic carbocycles. The summed E-state index contributed by atoms with van der Waals surface area (Å²) in [6.07, 6.45) is 0. The van der Waals surface area contributed by atoms with E-state index in [2.05, 4.69) is 251 Å². The van der Waals surface area contributed by atoms with E-state index in [1.807, 2.05) is 0 Å². The summed E-state index contributed by atoms with van der Waals surface area (Å²) in [5, 5.41) is 9.89. The third-order valence-electron chi connectivity index (χ3n) is 12.0. The zero-order valence-corrected chi connectivity index (χ0v) is 34.9. The number of anilines is 2. The van der Waals surface area contributed by atoms with Crippen molar-refractivity contribution in [2.24, 2.45) is 0 Å². The van der Waals surface area contributed by atoms with Gasteiger partial charge in [0.2, 0.25) is 0 Å². The molecular formula is C54H40N4Si2. The fourth-order valence-corrected chi connectivity index (χ4v) is 24.4. The third kappa shape index (κ3) is 5.64. The smallest absolute Gasteiger partial charge is 0.320 e. The van der Waals surface area contributed by atoms with Gasteiger partial charge in [-0.1, -0.05) is 206 Å². The van der Waals surface area contributed by atoms with E-state index in [0.29, 0.717) is 0 Å². The number of hydrogen-bond acceptors (Lipinski definition) is 4. The normalized spacial score (nSPS) is 14.2. The highest BCUT2D eigenvalue weighted by atomic mass is 28.5. The van der Waals surface area contributed by atoms with Gasteiger partial charge in [-0.15, -0.1) is 0 Å². The summed E-state index contributed by atoms with van der Waals surface area (Å²) >= 11 is 0. The number of aromatic nitrogens is 2. The largest absolute Gasteiger partial charge is 0.363 e. The molecule has 0 N–H and O–H groups in total. The first-order chi connectivity index (χ1) is 29.7. The molecule has 3 heterocycles. The summed E-state index contributed by atoms with van der Waals surface area (Å²) < 4.78 is 5.65. The second kappa shape index (κ2) is 14.8. The van der Waals surface area contributed by atoms with E-state index in [-0.39, 0.29) is 0 Å². The van der Waals surface area contributed by atoms with Crippen LogP contribution in [0.2, 0.25) is 0 Å². The molecule has 4 nitrogen and oxygen atoms in total. The van der Waals surface area contributed by atoms with E-state index in [9.17, 15) is 0 Å². The predicted octanol–water partition coefficient (Wildman–Crippen LogP) is 9.96. The first-order valence-electron chi connectivity index (χ1n) is 20.5. The maximum Gasteiger partial charge on any atom is 0.320 e. The Morgan fingerprint density at radius 1 is 0.267 bits per heavy atom. The van der Waals surface area contributed by atoms with Gasteiger partial charge in [0.15, 0.2) is 0 Å². The van der Waals surface area contributed by atoms with Crippen LogP contribution in [0, 0.1) is 0 Å². The van der Waals surface area contributed by atoms with Crippen LogP contribution in [0.1, 0.15) is 0 Å².